The van der Waals surface area contributed by atoms with Crippen LogP contribution in [0, 0.1) is 28.6 Å². The number of Topliss-reactive ketones (excluding diaryl/α,β-unsaturated/α-hetero) is 2. The van der Waals surface area contributed by atoms with Gasteiger partial charge in [-0.05, 0) is 37.5 Å². The zero-order valence-corrected chi connectivity index (χ0v) is 16.9. The number of aliphatic hydroxyl groups is 3. The average molecular weight is 394 g/mol. The van der Waals surface area contributed by atoms with Crippen molar-refractivity contribution < 1.29 is 29.3 Å². The van der Waals surface area contributed by atoms with Gasteiger partial charge in [-0.2, -0.15) is 0 Å². The minimum absolute atomic E-state index is 0.0337. The summed E-state index contributed by atoms with van der Waals surface area (Å²) in [5.74, 6) is -1.79. The number of fused-ring (bicyclic) bond motifs is 5. The smallest absolute Gasteiger partial charge is 0.190 e. The number of hydrogen-bond acceptors (Lipinski definition) is 5. The molecule has 0 aliphatic heterocycles. The Morgan fingerprint density at radius 2 is 2.00 bits per heavy atom. The molecule has 5 nitrogen and oxygen atoms in total. The molecule has 28 heavy (non-hydrogen) atoms. The average Bonchev–Trinajstić information content (AvgIpc) is 2.84. The maximum atomic E-state index is 16.9. The molecular weight excluding hydrogens is 363 g/mol. The number of allylic oxidation sites excluding steroid dienone is 2. The van der Waals surface area contributed by atoms with Gasteiger partial charge in [-0.15, -0.1) is 0 Å². The quantitative estimate of drug-likeness (QED) is 0.624. The van der Waals surface area contributed by atoms with E-state index < -0.39 is 52.4 Å². The van der Waals surface area contributed by atoms with Crippen LogP contribution in [0.5, 0.6) is 0 Å². The predicted octanol–water partition coefficient (Wildman–Crippen LogP) is 2.12. The van der Waals surface area contributed by atoms with E-state index in [1.807, 2.05) is 13.0 Å². The third kappa shape index (κ3) is 2.07. The summed E-state index contributed by atoms with van der Waals surface area (Å²) >= 11 is 0. The molecule has 0 saturated heterocycles. The molecule has 3 N–H and O–H groups in total. The SMILES string of the molecule is C[C@@H]1C[C@H]2[C@@H]3CC=C4CC(=O)CC[C@]4(C)[C@@]3(F)[C@@H](O)C[C@]2(C)[C@@]1(O)C(=O)CO. The number of aliphatic hydroxyl groups excluding tert-OH is 2. The molecule has 0 aromatic heterocycles. The maximum Gasteiger partial charge on any atom is 0.190 e. The van der Waals surface area contributed by atoms with E-state index in [4.69, 9.17) is 0 Å². The maximum absolute atomic E-state index is 16.9. The summed E-state index contributed by atoms with van der Waals surface area (Å²) in [5.41, 5.74) is -4.79. The predicted molar refractivity (Wildman–Crippen MR) is 100 cm³/mol. The van der Waals surface area contributed by atoms with E-state index in [0.29, 0.717) is 25.7 Å². The second-order valence-electron chi connectivity index (χ2n) is 10.1. The third-order valence-corrected chi connectivity index (χ3v) is 9.17. The van der Waals surface area contributed by atoms with Gasteiger partial charge in [0.15, 0.2) is 5.78 Å². The Bertz CT molecular complexity index is 764. The van der Waals surface area contributed by atoms with Crippen molar-refractivity contribution in [3.05, 3.63) is 11.6 Å². The highest BCUT2D eigenvalue weighted by atomic mass is 19.1. The van der Waals surface area contributed by atoms with Crippen LogP contribution in [0.2, 0.25) is 0 Å². The third-order valence-electron chi connectivity index (χ3n) is 9.17. The van der Waals surface area contributed by atoms with Gasteiger partial charge < -0.3 is 15.3 Å². The Morgan fingerprint density at radius 1 is 1.32 bits per heavy atom. The number of carbonyl (C=O) groups excluding carboxylic acids is 2. The van der Waals surface area contributed by atoms with Crippen LogP contribution in [0.1, 0.15) is 59.3 Å². The van der Waals surface area contributed by atoms with Crippen LogP contribution in [0.15, 0.2) is 11.6 Å². The highest BCUT2D eigenvalue weighted by molar-refractivity contribution is 5.90. The Balaban J connectivity index is 1.83. The Morgan fingerprint density at radius 3 is 2.64 bits per heavy atom. The van der Waals surface area contributed by atoms with Gasteiger partial charge in [0.05, 0.1) is 6.10 Å². The van der Waals surface area contributed by atoms with Crippen LogP contribution >= 0.6 is 0 Å². The first-order valence-corrected chi connectivity index (χ1v) is 10.4. The van der Waals surface area contributed by atoms with E-state index in [9.17, 15) is 24.9 Å². The summed E-state index contributed by atoms with van der Waals surface area (Å²) in [6.07, 6.45) is 2.38. The lowest BCUT2D eigenvalue weighted by atomic mass is 9.44. The van der Waals surface area contributed by atoms with Gasteiger partial charge in [-0.25, -0.2) is 4.39 Å². The monoisotopic (exact) mass is 394 g/mol. The first-order valence-electron chi connectivity index (χ1n) is 10.4. The molecule has 6 heteroatoms. The van der Waals surface area contributed by atoms with Gasteiger partial charge in [-0.3, -0.25) is 9.59 Å². The van der Waals surface area contributed by atoms with Gasteiger partial charge in [0.1, 0.15) is 23.7 Å². The topological polar surface area (TPSA) is 94.8 Å². The Labute approximate surface area is 165 Å². The van der Waals surface area contributed by atoms with Crippen molar-refractivity contribution in [1.82, 2.24) is 0 Å². The summed E-state index contributed by atoms with van der Waals surface area (Å²) in [4.78, 5) is 24.5. The van der Waals surface area contributed by atoms with Crippen LogP contribution in [0.25, 0.3) is 0 Å². The van der Waals surface area contributed by atoms with Crippen LogP contribution in [0.3, 0.4) is 0 Å². The van der Waals surface area contributed by atoms with Crippen molar-refractivity contribution in [1.29, 1.82) is 0 Å². The molecule has 4 aliphatic carbocycles. The van der Waals surface area contributed by atoms with Crippen LogP contribution in [0.4, 0.5) is 4.39 Å². The van der Waals surface area contributed by atoms with E-state index in [-0.39, 0.29) is 24.5 Å². The van der Waals surface area contributed by atoms with E-state index in [0.717, 1.165) is 5.57 Å². The fourth-order valence-corrected chi connectivity index (χ4v) is 7.54. The fraction of sp³-hybridized carbons (Fsp3) is 0.818. The largest absolute Gasteiger partial charge is 0.390 e. The van der Waals surface area contributed by atoms with E-state index in [2.05, 4.69) is 0 Å². The second kappa shape index (κ2) is 5.96. The lowest BCUT2D eigenvalue weighted by Gasteiger charge is -2.63. The molecule has 0 spiro atoms. The summed E-state index contributed by atoms with van der Waals surface area (Å²) < 4.78 is 16.9. The molecular formula is C22H31FO5. The zero-order valence-electron chi connectivity index (χ0n) is 16.9. The van der Waals surface area contributed by atoms with Crippen LogP contribution in [-0.2, 0) is 9.59 Å². The van der Waals surface area contributed by atoms with Gasteiger partial charge in [-0.1, -0.05) is 32.4 Å². The molecule has 0 aromatic rings. The van der Waals surface area contributed by atoms with Crippen LogP contribution < -0.4 is 0 Å². The molecule has 0 unspecified atom stereocenters. The standard InChI is InChI=1S/C22H31FO5/c1-12-8-16-15-5-4-13-9-14(25)6-7-19(13,2)21(15,23)17(26)10-20(16,3)22(12,28)18(27)11-24/h4,12,15-17,24,26,28H,5-11H2,1-3H3/t12-,15+,16+,17+,19+,20+,21+,22+/m1/s1. The first kappa shape index (κ1) is 20.2. The number of halogens is 1. The summed E-state index contributed by atoms with van der Waals surface area (Å²) in [6, 6.07) is 0. The molecule has 0 radical (unpaired) electrons. The van der Waals surface area contributed by atoms with Crippen molar-refractivity contribution in [2.45, 2.75) is 76.7 Å². The number of carbonyl (C=O) groups is 2. The van der Waals surface area contributed by atoms with Crippen molar-refractivity contribution in [3.63, 3.8) is 0 Å². The normalized spacial score (nSPS) is 53.1. The van der Waals surface area contributed by atoms with E-state index in [1.165, 1.54) is 0 Å². The molecule has 156 valence electrons. The minimum Gasteiger partial charge on any atom is -0.390 e. The molecule has 8 atom stereocenters. The fourth-order valence-electron chi connectivity index (χ4n) is 7.54. The lowest BCUT2D eigenvalue weighted by Crippen LogP contribution is -2.69. The van der Waals surface area contributed by atoms with Crippen molar-refractivity contribution in [3.8, 4) is 0 Å². The minimum atomic E-state index is -1.89. The highest BCUT2D eigenvalue weighted by Crippen LogP contribution is 2.70. The number of rotatable bonds is 2. The van der Waals surface area contributed by atoms with Gasteiger partial charge in [0.2, 0.25) is 0 Å². The molecule has 0 heterocycles. The summed E-state index contributed by atoms with van der Waals surface area (Å²) in [5, 5.41) is 32.0. The lowest BCUT2D eigenvalue weighted by molar-refractivity contribution is -0.223. The Kier molecular flexibility index (Phi) is 4.29. The van der Waals surface area contributed by atoms with Gasteiger partial charge >= 0.3 is 0 Å². The number of ketones is 2. The highest BCUT2D eigenvalue weighted by Gasteiger charge is 2.75. The molecule has 0 aromatic carbocycles. The summed E-state index contributed by atoms with van der Waals surface area (Å²) in [6.45, 7) is 4.60. The second-order valence-corrected chi connectivity index (χ2v) is 10.1. The molecule has 4 aliphatic rings. The molecule has 0 bridgehead atoms. The zero-order chi connectivity index (χ0) is 20.7. The van der Waals surface area contributed by atoms with Crippen LogP contribution in [-0.4, -0.2) is 50.9 Å². The Hall–Kier alpha value is -1.11. The number of alkyl halides is 1. The van der Waals surface area contributed by atoms with Crippen molar-refractivity contribution in [2.24, 2.45) is 28.6 Å². The first-order chi connectivity index (χ1) is 13.0. The van der Waals surface area contributed by atoms with Crippen molar-refractivity contribution >= 4 is 11.6 Å². The van der Waals surface area contributed by atoms with E-state index in [1.54, 1.807) is 13.8 Å². The van der Waals surface area contributed by atoms with Gasteiger partial charge in [0.25, 0.3) is 0 Å². The molecule has 0 amide bonds. The molecule has 3 saturated carbocycles. The molecule has 3 fully saturated rings. The van der Waals surface area contributed by atoms with Gasteiger partial charge in [0, 0.05) is 29.6 Å². The number of hydrogen-bond donors (Lipinski definition) is 3. The van der Waals surface area contributed by atoms with Crippen molar-refractivity contribution in [2.75, 3.05) is 6.61 Å². The van der Waals surface area contributed by atoms with E-state index >= 15 is 4.39 Å². The molecule has 4 rings (SSSR count). The summed E-state index contributed by atoms with van der Waals surface area (Å²) in [7, 11) is 0.